The van der Waals surface area contributed by atoms with E-state index in [0.717, 1.165) is 25.4 Å². The van der Waals surface area contributed by atoms with E-state index in [1.807, 2.05) is 0 Å². The second kappa shape index (κ2) is 6.35. The third kappa shape index (κ3) is 3.17. The van der Waals surface area contributed by atoms with Crippen LogP contribution in [0.15, 0.2) is 6.20 Å². The lowest BCUT2D eigenvalue weighted by Gasteiger charge is -2.44. The Morgan fingerprint density at radius 1 is 1.45 bits per heavy atom. The van der Waals surface area contributed by atoms with E-state index >= 15 is 0 Å². The fraction of sp³-hybridized carbons (Fsp3) is 0.786. The Bertz CT molecular complexity index is 454. The number of carboxylic acid groups (broad SMARTS) is 1. The fourth-order valence-electron chi connectivity index (χ4n) is 2.71. The van der Waals surface area contributed by atoms with Gasteiger partial charge in [0.25, 0.3) is 0 Å². The highest BCUT2D eigenvalue weighted by Crippen LogP contribution is 2.27. The van der Waals surface area contributed by atoms with Crippen LogP contribution in [0, 0.1) is 5.92 Å². The number of carboxylic acids is 1. The topological polar surface area (TPSA) is 71.2 Å². The van der Waals surface area contributed by atoms with E-state index in [-0.39, 0.29) is 11.7 Å². The molecule has 2 rings (SSSR count). The molecule has 0 amide bonds. The highest BCUT2D eigenvalue weighted by atomic mass is 16.4. The van der Waals surface area contributed by atoms with Gasteiger partial charge in [0.15, 0.2) is 5.69 Å². The standard InChI is InChI=1S/C14H24N4O2/c1-4-10(3)6-11(5-2)17-7-12(8-17)18-9-13(14(19)20)15-16-18/h9-12H,4-8H2,1-3H3,(H,19,20). The SMILES string of the molecule is CCC(C)CC(CC)N1CC(n2cc(C(=O)O)nn2)C1. The van der Waals surface area contributed by atoms with Gasteiger partial charge in [-0.3, -0.25) is 4.90 Å². The van der Waals surface area contributed by atoms with Crippen LogP contribution in [0.1, 0.15) is 56.6 Å². The zero-order chi connectivity index (χ0) is 14.7. The van der Waals surface area contributed by atoms with Crippen LogP contribution in [0.5, 0.6) is 0 Å². The van der Waals surface area contributed by atoms with E-state index in [0.29, 0.717) is 6.04 Å². The van der Waals surface area contributed by atoms with Gasteiger partial charge in [0.1, 0.15) is 0 Å². The lowest BCUT2D eigenvalue weighted by atomic mass is 9.93. The van der Waals surface area contributed by atoms with E-state index in [4.69, 9.17) is 5.11 Å². The van der Waals surface area contributed by atoms with Gasteiger partial charge in [-0.25, -0.2) is 9.48 Å². The molecule has 1 aliphatic rings. The van der Waals surface area contributed by atoms with Crippen LogP contribution in [-0.4, -0.2) is 50.1 Å². The van der Waals surface area contributed by atoms with Crippen molar-refractivity contribution in [2.75, 3.05) is 13.1 Å². The normalized spacial score (nSPS) is 19.6. The predicted molar refractivity (Wildman–Crippen MR) is 75.7 cm³/mol. The Morgan fingerprint density at radius 2 is 2.15 bits per heavy atom. The average Bonchev–Trinajstić information content (AvgIpc) is 2.85. The highest BCUT2D eigenvalue weighted by molar-refractivity contribution is 5.84. The van der Waals surface area contributed by atoms with Crippen molar-refractivity contribution < 1.29 is 9.90 Å². The maximum atomic E-state index is 10.8. The van der Waals surface area contributed by atoms with Gasteiger partial charge in [-0.2, -0.15) is 0 Å². The summed E-state index contributed by atoms with van der Waals surface area (Å²) < 4.78 is 1.69. The van der Waals surface area contributed by atoms with Crippen LogP contribution >= 0.6 is 0 Å². The van der Waals surface area contributed by atoms with Gasteiger partial charge in [-0.05, 0) is 18.8 Å². The molecule has 1 saturated heterocycles. The summed E-state index contributed by atoms with van der Waals surface area (Å²) in [5.74, 6) is -0.264. The Labute approximate surface area is 119 Å². The molecule has 0 radical (unpaired) electrons. The summed E-state index contributed by atoms with van der Waals surface area (Å²) in [4.78, 5) is 13.3. The Hall–Kier alpha value is -1.43. The van der Waals surface area contributed by atoms with Gasteiger partial charge in [0.2, 0.25) is 0 Å². The Balaban J connectivity index is 1.87. The van der Waals surface area contributed by atoms with Crippen molar-refractivity contribution >= 4 is 5.97 Å². The second-order valence-electron chi connectivity index (χ2n) is 5.81. The van der Waals surface area contributed by atoms with Crippen molar-refractivity contribution in [2.24, 2.45) is 5.92 Å². The lowest BCUT2D eigenvalue weighted by molar-refractivity contribution is 0.0394. The number of nitrogens with zero attached hydrogens (tertiary/aromatic N) is 4. The van der Waals surface area contributed by atoms with E-state index in [1.165, 1.54) is 19.0 Å². The molecule has 0 spiro atoms. The van der Waals surface area contributed by atoms with E-state index < -0.39 is 5.97 Å². The first-order valence-corrected chi connectivity index (χ1v) is 7.44. The largest absolute Gasteiger partial charge is 0.476 e. The number of rotatable bonds is 7. The molecule has 20 heavy (non-hydrogen) atoms. The molecule has 2 heterocycles. The minimum Gasteiger partial charge on any atom is -0.476 e. The highest BCUT2D eigenvalue weighted by Gasteiger charge is 2.34. The maximum absolute atomic E-state index is 10.8. The van der Waals surface area contributed by atoms with Gasteiger partial charge >= 0.3 is 5.97 Å². The van der Waals surface area contributed by atoms with E-state index in [9.17, 15) is 4.79 Å². The summed E-state index contributed by atoms with van der Waals surface area (Å²) in [5.41, 5.74) is 0.0232. The Morgan fingerprint density at radius 3 is 2.65 bits per heavy atom. The number of carbonyl (C=O) groups is 1. The average molecular weight is 280 g/mol. The van der Waals surface area contributed by atoms with Gasteiger partial charge in [0, 0.05) is 19.1 Å². The van der Waals surface area contributed by atoms with Crippen LogP contribution < -0.4 is 0 Å². The quantitative estimate of drug-likeness (QED) is 0.827. The van der Waals surface area contributed by atoms with Crippen molar-refractivity contribution in [1.29, 1.82) is 0 Å². The number of aromatic nitrogens is 3. The van der Waals surface area contributed by atoms with Crippen molar-refractivity contribution in [3.8, 4) is 0 Å². The second-order valence-corrected chi connectivity index (χ2v) is 5.81. The first-order chi connectivity index (χ1) is 9.55. The molecule has 1 aromatic heterocycles. The molecule has 1 fully saturated rings. The number of likely N-dealkylation sites (tertiary alicyclic amines) is 1. The summed E-state index contributed by atoms with van der Waals surface area (Å²) in [6.45, 7) is 8.66. The van der Waals surface area contributed by atoms with Gasteiger partial charge in [-0.1, -0.05) is 32.4 Å². The van der Waals surface area contributed by atoms with Crippen LogP contribution in [0.25, 0.3) is 0 Å². The van der Waals surface area contributed by atoms with Crippen molar-refractivity contribution in [1.82, 2.24) is 19.9 Å². The third-order valence-electron chi connectivity index (χ3n) is 4.35. The first kappa shape index (κ1) is 15.0. The summed E-state index contributed by atoms with van der Waals surface area (Å²) in [5, 5.41) is 16.4. The molecule has 6 heteroatoms. The molecule has 112 valence electrons. The van der Waals surface area contributed by atoms with E-state index in [2.05, 4.69) is 36.0 Å². The van der Waals surface area contributed by atoms with Crippen molar-refractivity contribution in [3.63, 3.8) is 0 Å². The minimum absolute atomic E-state index is 0.0232. The van der Waals surface area contributed by atoms with Crippen molar-refractivity contribution in [3.05, 3.63) is 11.9 Å². The zero-order valence-corrected chi connectivity index (χ0v) is 12.5. The van der Waals surface area contributed by atoms with Crippen molar-refractivity contribution in [2.45, 2.75) is 52.1 Å². The van der Waals surface area contributed by atoms with Crippen LogP contribution in [0.3, 0.4) is 0 Å². The summed E-state index contributed by atoms with van der Waals surface area (Å²) in [6.07, 6.45) is 5.14. The molecule has 1 aliphatic heterocycles. The number of aromatic carboxylic acids is 1. The van der Waals surface area contributed by atoms with E-state index in [1.54, 1.807) is 4.68 Å². The molecule has 0 saturated carbocycles. The summed E-state index contributed by atoms with van der Waals surface area (Å²) in [7, 11) is 0. The van der Waals surface area contributed by atoms with Crippen LogP contribution in [-0.2, 0) is 0 Å². The molecule has 2 atom stereocenters. The molecule has 0 aliphatic carbocycles. The maximum Gasteiger partial charge on any atom is 0.358 e. The Kier molecular flexibility index (Phi) is 4.75. The molecule has 1 N–H and O–H groups in total. The molecule has 1 aromatic rings. The van der Waals surface area contributed by atoms with Gasteiger partial charge < -0.3 is 5.11 Å². The molecule has 6 nitrogen and oxygen atoms in total. The minimum atomic E-state index is -1.02. The molecular weight excluding hydrogens is 256 g/mol. The van der Waals surface area contributed by atoms with Crippen LogP contribution in [0.2, 0.25) is 0 Å². The van der Waals surface area contributed by atoms with Gasteiger partial charge in [0.05, 0.1) is 12.2 Å². The smallest absolute Gasteiger partial charge is 0.358 e. The van der Waals surface area contributed by atoms with Gasteiger partial charge in [-0.15, -0.1) is 5.10 Å². The molecule has 0 bridgehead atoms. The lowest BCUT2D eigenvalue weighted by Crippen LogP contribution is -2.53. The number of hydrogen-bond donors (Lipinski definition) is 1. The zero-order valence-electron chi connectivity index (χ0n) is 12.5. The summed E-state index contributed by atoms with van der Waals surface area (Å²) >= 11 is 0. The molecule has 2 unspecified atom stereocenters. The fourth-order valence-corrected chi connectivity index (χ4v) is 2.71. The molecular formula is C14H24N4O2. The number of hydrogen-bond acceptors (Lipinski definition) is 4. The van der Waals surface area contributed by atoms with Crippen LogP contribution in [0.4, 0.5) is 0 Å². The summed E-state index contributed by atoms with van der Waals surface area (Å²) in [6, 6.07) is 0.894. The predicted octanol–water partition coefficient (Wildman–Crippen LogP) is 2.05. The first-order valence-electron chi connectivity index (χ1n) is 7.44. The third-order valence-corrected chi connectivity index (χ3v) is 4.35. The monoisotopic (exact) mass is 280 g/mol. The molecule has 0 aromatic carbocycles.